The quantitative estimate of drug-likeness (QED) is 0.766. The highest BCUT2D eigenvalue weighted by Gasteiger charge is 2.21. The van der Waals surface area contributed by atoms with E-state index in [-0.39, 0.29) is 18.4 Å². The summed E-state index contributed by atoms with van der Waals surface area (Å²) in [6.45, 7) is 5.75. The van der Waals surface area contributed by atoms with E-state index >= 15 is 0 Å². The van der Waals surface area contributed by atoms with Crippen molar-refractivity contribution in [2.75, 3.05) is 30.0 Å². The van der Waals surface area contributed by atoms with Crippen LogP contribution in [0.5, 0.6) is 5.75 Å². The number of likely N-dealkylation sites (N-methyl/N-ethyl adjacent to an activating group) is 1. The average Bonchev–Trinajstić information content (AvgIpc) is 2.60. The van der Waals surface area contributed by atoms with Gasteiger partial charge in [-0.3, -0.25) is 9.59 Å². The molecule has 26 heavy (non-hydrogen) atoms. The molecule has 2 rings (SSSR count). The van der Waals surface area contributed by atoms with Crippen LogP contribution in [0.1, 0.15) is 19.4 Å². The van der Waals surface area contributed by atoms with Crippen LogP contribution in [0.15, 0.2) is 42.5 Å². The number of ether oxygens (including phenoxy) is 1. The molecule has 0 radical (unpaired) electrons. The fraction of sp³-hybridized carbons (Fsp3) is 0.300. The molecule has 0 bridgehead atoms. The molecule has 138 valence electrons. The van der Waals surface area contributed by atoms with Crippen LogP contribution in [0, 0.1) is 6.92 Å². The van der Waals surface area contributed by atoms with E-state index < -0.39 is 0 Å². The van der Waals surface area contributed by atoms with Crippen molar-refractivity contribution in [2.45, 2.75) is 20.8 Å². The lowest BCUT2D eigenvalue weighted by atomic mass is 10.2. The number of rotatable bonds is 6. The second-order valence-electron chi connectivity index (χ2n) is 5.90. The maximum atomic E-state index is 12.9. The number of hydrogen-bond donors (Lipinski definition) is 0. The molecule has 2 amide bonds. The van der Waals surface area contributed by atoms with Crippen molar-refractivity contribution in [1.29, 1.82) is 0 Å². The highest BCUT2D eigenvalue weighted by Crippen LogP contribution is 2.29. The van der Waals surface area contributed by atoms with Gasteiger partial charge in [0, 0.05) is 24.8 Å². The highest BCUT2D eigenvalue weighted by molar-refractivity contribution is 6.32. The zero-order chi connectivity index (χ0) is 19.3. The molecule has 0 saturated heterocycles. The van der Waals surface area contributed by atoms with E-state index in [1.807, 2.05) is 38.1 Å². The van der Waals surface area contributed by atoms with Crippen molar-refractivity contribution in [3.05, 3.63) is 53.1 Å². The number of anilines is 2. The van der Waals surface area contributed by atoms with E-state index in [9.17, 15) is 9.59 Å². The SMILES string of the molecule is CCN(C(=O)CN(C(C)=O)c1ccc(OC)c(Cl)c1)c1cccc(C)c1. The Morgan fingerprint density at radius 2 is 1.77 bits per heavy atom. The predicted molar refractivity (Wildman–Crippen MR) is 105 cm³/mol. The lowest BCUT2D eigenvalue weighted by molar-refractivity contribution is -0.121. The van der Waals surface area contributed by atoms with Crippen LogP contribution in [-0.2, 0) is 9.59 Å². The first-order valence-electron chi connectivity index (χ1n) is 8.36. The van der Waals surface area contributed by atoms with Gasteiger partial charge in [-0.25, -0.2) is 0 Å². The average molecular weight is 375 g/mol. The first-order valence-corrected chi connectivity index (χ1v) is 8.73. The summed E-state index contributed by atoms with van der Waals surface area (Å²) in [5, 5.41) is 0.384. The summed E-state index contributed by atoms with van der Waals surface area (Å²) in [7, 11) is 1.52. The van der Waals surface area contributed by atoms with Crippen LogP contribution in [0.2, 0.25) is 5.02 Å². The van der Waals surface area contributed by atoms with E-state index in [1.165, 1.54) is 18.9 Å². The monoisotopic (exact) mass is 374 g/mol. The Kier molecular flexibility index (Phi) is 6.64. The first kappa shape index (κ1) is 19.8. The Morgan fingerprint density at radius 3 is 2.31 bits per heavy atom. The summed E-state index contributed by atoms with van der Waals surface area (Å²) in [6, 6.07) is 12.7. The summed E-state index contributed by atoms with van der Waals surface area (Å²) < 4.78 is 5.14. The van der Waals surface area contributed by atoms with Gasteiger partial charge in [-0.1, -0.05) is 23.7 Å². The van der Waals surface area contributed by atoms with E-state index in [4.69, 9.17) is 16.3 Å². The maximum absolute atomic E-state index is 12.9. The largest absolute Gasteiger partial charge is 0.495 e. The molecule has 0 aromatic heterocycles. The Balaban J connectivity index is 2.27. The van der Waals surface area contributed by atoms with E-state index in [2.05, 4.69) is 0 Å². The molecule has 0 atom stereocenters. The topological polar surface area (TPSA) is 49.9 Å². The minimum absolute atomic E-state index is 0.0697. The molecular formula is C20H23ClN2O3. The van der Waals surface area contributed by atoms with E-state index in [0.717, 1.165) is 11.3 Å². The minimum atomic E-state index is -0.236. The zero-order valence-corrected chi connectivity index (χ0v) is 16.2. The number of nitrogens with zero attached hydrogens (tertiary/aromatic N) is 2. The van der Waals surface area contributed by atoms with Gasteiger partial charge < -0.3 is 14.5 Å². The molecule has 0 N–H and O–H groups in total. The van der Waals surface area contributed by atoms with Crippen LogP contribution < -0.4 is 14.5 Å². The molecule has 6 heteroatoms. The second-order valence-corrected chi connectivity index (χ2v) is 6.31. The third-order valence-electron chi connectivity index (χ3n) is 4.05. The molecule has 0 fully saturated rings. The minimum Gasteiger partial charge on any atom is -0.495 e. The van der Waals surface area contributed by atoms with E-state index in [1.54, 1.807) is 23.1 Å². The van der Waals surface area contributed by atoms with Gasteiger partial charge in [0.05, 0.1) is 12.1 Å². The van der Waals surface area contributed by atoms with Crippen LogP contribution >= 0.6 is 11.6 Å². The Labute approximate surface area is 159 Å². The maximum Gasteiger partial charge on any atom is 0.247 e. The molecule has 0 aliphatic heterocycles. The fourth-order valence-corrected chi connectivity index (χ4v) is 2.98. The summed E-state index contributed by atoms with van der Waals surface area (Å²) in [4.78, 5) is 28.1. The number of carbonyl (C=O) groups is 2. The van der Waals surface area contributed by atoms with Gasteiger partial charge in [-0.15, -0.1) is 0 Å². The molecule has 5 nitrogen and oxygen atoms in total. The van der Waals surface area contributed by atoms with Gasteiger partial charge in [-0.05, 0) is 49.7 Å². The molecule has 0 heterocycles. The number of amides is 2. The molecular weight excluding hydrogens is 352 g/mol. The normalized spacial score (nSPS) is 10.3. The summed E-state index contributed by atoms with van der Waals surface area (Å²) in [5.41, 5.74) is 2.44. The first-order chi connectivity index (χ1) is 12.4. The zero-order valence-electron chi connectivity index (χ0n) is 15.5. The van der Waals surface area contributed by atoms with Crippen molar-refractivity contribution in [3.63, 3.8) is 0 Å². The lowest BCUT2D eigenvalue weighted by Gasteiger charge is -2.27. The molecule has 0 unspecified atom stereocenters. The highest BCUT2D eigenvalue weighted by atomic mass is 35.5. The van der Waals surface area contributed by atoms with Gasteiger partial charge >= 0.3 is 0 Å². The second kappa shape index (κ2) is 8.72. The molecule has 2 aromatic rings. The van der Waals surface area contributed by atoms with Gasteiger partial charge in [0.25, 0.3) is 0 Å². The van der Waals surface area contributed by atoms with Crippen molar-refractivity contribution in [3.8, 4) is 5.75 Å². The van der Waals surface area contributed by atoms with Crippen LogP contribution in [-0.4, -0.2) is 32.0 Å². The third kappa shape index (κ3) is 4.55. The summed E-state index contributed by atoms with van der Waals surface area (Å²) in [5.74, 6) is 0.111. The van der Waals surface area contributed by atoms with Gasteiger partial charge in [0.2, 0.25) is 11.8 Å². The van der Waals surface area contributed by atoms with Crippen molar-refractivity contribution in [1.82, 2.24) is 0 Å². The molecule has 0 aliphatic carbocycles. The Hall–Kier alpha value is -2.53. The molecule has 2 aromatic carbocycles. The number of methoxy groups -OCH3 is 1. The fourth-order valence-electron chi connectivity index (χ4n) is 2.73. The van der Waals surface area contributed by atoms with Crippen molar-refractivity contribution < 1.29 is 14.3 Å². The molecule has 0 aliphatic rings. The van der Waals surface area contributed by atoms with E-state index in [0.29, 0.717) is 23.0 Å². The Morgan fingerprint density at radius 1 is 1.08 bits per heavy atom. The summed E-state index contributed by atoms with van der Waals surface area (Å²) in [6.07, 6.45) is 0. The van der Waals surface area contributed by atoms with Crippen molar-refractivity contribution in [2.24, 2.45) is 0 Å². The van der Waals surface area contributed by atoms with Gasteiger partial charge in [-0.2, -0.15) is 0 Å². The number of halogens is 1. The smallest absolute Gasteiger partial charge is 0.247 e. The number of carbonyl (C=O) groups excluding carboxylic acids is 2. The van der Waals surface area contributed by atoms with Crippen LogP contribution in [0.25, 0.3) is 0 Å². The van der Waals surface area contributed by atoms with Crippen molar-refractivity contribution >= 4 is 34.8 Å². The predicted octanol–water partition coefficient (Wildman–Crippen LogP) is 4.06. The third-order valence-corrected chi connectivity index (χ3v) is 4.35. The van der Waals surface area contributed by atoms with Gasteiger partial charge in [0.15, 0.2) is 0 Å². The van der Waals surface area contributed by atoms with Crippen LogP contribution in [0.3, 0.4) is 0 Å². The number of hydrogen-bond acceptors (Lipinski definition) is 3. The lowest BCUT2D eigenvalue weighted by Crippen LogP contribution is -2.42. The molecule has 0 spiro atoms. The van der Waals surface area contributed by atoms with Gasteiger partial charge in [0.1, 0.15) is 12.3 Å². The molecule has 0 saturated carbocycles. The Bertz CT molecular complexity index is 807. The number of benzene rings is 2. The number of aryl methyl sites for hydroxylation is 1. The van der Waals surface area contributed by atoms with Crippen LogP contribution in [0.4, 0.5) is 11.4 Å². The summed E-state index contributed by atoms with van der Waals surface area (Å²) >= 11 is 6.16. The standard InChI is InChI=1S/C20H23ClN2O3/c1-5-22(16-8-6-7-14(2)11-16)20(25)13-23(15(3)24)17-9-10-19(26-4)18(21)12-17/h6-12H,5,13H2,1-4H3.